The second kappa shape index (κ2) is 9.17. The summed E-state index contributed by atoms with van der Waals surface area (Å²) in [5.41, 5.74) is 0.644. The molecule has 0 aromatic carbocycles. The van der Waals surface area contributed by atoms with E-state index < -0.39 is 0 Å². The number of aliphatic hydroxyl groups excluding tert-OH is 1. The second-order valence-electron chi connectivity index (χ2n) is 4.27. The maximum atomic E-state index is 12.1. The fourth-order valence-electron chi connectivity index (χ4n) is 1.71. The average Bonchev–Trinajstić information content (AvgIpc) is 2.47. The van der Waals surface area contributed by atoms with Crippen LogP contribution in [0, 0.1) is 0 Å². The van der Waals surface area contributed by atoms with E-state index in [0.29, 0.717) is 38.0 Å². The number of pyridine rings is 1. The first-order valence-corrected chi connectivity index (χ1v) is 6.56. The van der Waals surface area contributed by atoms with Gasteiger partial charge in [0.1, 0.15) is 0 Å². The van der Waals surface area contributed by atoms with Gasteiger partial charge in [0.15, 0.2) is 5.78 Å². The lowest BCUT2D eigenvalue weighted by Gasteiger charge is -2.08. The Morgan fingerprint density at radius 2 is 2.15 bits per heavy atom. The summed E-state index contributed by atoms with van der Waals surface area (Å²) in [5.74, 6) is -0.446. The summed E-state index contributed by atoms with van der Waals surface area (Å²) in [4.78, 5) is 27.9. The van der Waals surface area contributed by atoms with Crippen LogP contribution in [0.15, 0.2) is 18.5 Å². The first-order chi connectivity index (χ1) is 9.70. The molecule has 1 rings (SSSR count). The Hall–Kier alpha value is -1.79. The summed E-state index contributed by atoms with van der Waals surface area (Å²) in [7, 11) is 1.55. The van der Waals surface area contributed by atoms with Gasteiger partial charge in [-0.2, -0.15) is 0 Å². The van der Waals surface area contributed by atoms with Gasteiger partial charge in [-0.15, -0.1) is 0 Å². The quantitative estimate of drug-likeness (QED) is 0.516. The third kappa shape index (κ3) is 5.07. The molecule has 2 N–H and O–H groups in total. The smallest absolute Gasteiger partial charge is 0.253 e. The summed E-state index contributed by atoms with van der Waals surface area (Å²) in [5, 5.41) is 11.4. The van der Waals surface area contributed by atoms with Crippen molar-refractivity contribution in [1.29, 1.82) is 0 Å². The highest BCUT2D eigenvalue weighted by molar-refractivity contribution is 6.07. The van der Waals surface area contributed by atoms with Gasteiger partial charge in [-0.3, -0.25) is 14.6 Å². The van der Waals surface area contributed by atoms with E-state index in [2.05, 4.69) is 10.3 Å². The zero-order chi connectivity index (χ0) is 14.8. The molecule has 20 heavy (non-hydrogen) atoms. The molecule has 0 saturated heterocycles. The van der Waals surface area contributed by atoms with Crippen molar-refractivity contribution in [2.45, 2.75) is 19.3 Å². The Morgan fingerprint density at radius 3 is 2.85 bits per heavy atom. The lowest BCUT2D eigenvalue weighted by molar-refractivity contribution is 0.0917. The number of nitrogens with one attached hydrogen (secondary N) is 1. The number of methoxy groups -OCH3 is 1. The molecular weight excluding hydrogens is 260 g/mol. The molecule has 0 spiro atoms. The van der Waals surface area contributed by atoms with Crippen molar-refractivity contribution in [2.75, 3.05) is 26.9 Å². The predicted octanol–water partition coefficient (Wildman–Crippen LogP) is 0.803. The molecule has 0 bridgehead atoms. The number of hydrogen-bond acceptors (Lipinski definition) is 5. The van der Waals surface area contributed by atoms with E-state index in [1.54, 1.807) is 13.2 Å². The SMILES string of the molecule is COCCNC(=O)c1cnccc1C(=O)CCCCO. The second-order valence-corrected chi connectivity index (χ2v) is 4.27. The molecule has 1 aromatic rings. The van der Waals surface area contributed by atoms with Crippen molar-refractivity contribution < 1.29 is 19.4 Å². The highest BCUT2D eigenvalue weighted by Gasteiger charge is 2.16. The number of nitrogens with zero attached hydrogens (tertiary/aromatic N) is 1. The van der Waals surface area contributed by atoms with Gasteiger partial charge in [0, 0.05) is 44.6 Å². The Balaban J connectivity index is 2.71. The van der Waals surface area contributed by atoms with E-state index in [1.807, 2.05) is 0 Å². The van der Waals surface area contributed by atoms with Gasteiger partial charge in [-0.25, -0.2) is 0 Å². The fraction of sp³-hybridized carbons (Fsp3) is 0.500. The van der Waals surface area contributed by atoms with Crippen LogP contribution in [0.3, 0.4) is 0 Å². The first kappa shape index (κ1) is 16.3. The molecule has 0 saturated carbocycles. The van der Waals surface area contributed by atoms with E-state index in [-0.39, 0.29) is 23.9 Å². The minimum absolute atomic E-state index is 0.0635. The number of Topliss-reactive ketones (excluding diaryl/α,β-unsaturated/α-hetero) is 1. The van der Waals surface area contributed by atoms with Crippen molar-refractivity contribution >= 4 is 11.7 Å². The van der Waals surface area contributed by atoms with Crippen LogP contribution in [0.1, 0.15) is 40.0 Å². The number of ketones is 1. The standard InChI is InChI=1S/C14H20N2O4/c1-20-9-7-16-14(19)12-10-15-6-5-11(12)13(18)4-2-3-8-17/h5-6,10,17H,2-4,7-9H2,1H3,(H,16,19). The van der Waals surface area contributed by atoms with Crippen LogP contribution in [-0.2, 0) is 4.74 Å². The van der Waals surface area contributed by atoms with Crippen molar-refractivity contribution in [1.82, 2.24) is 10.3 Å². The maximum absolute atomic E-state index is 12.1. The zero-order valence-corrected chi connectivity index (χ0v) is 11.6. The Bertz CT molecular complexity index is 408. The van der Waals surface area contributed by atoms with Crippen molar-refractivity contribution in [2.24, 2.45) is 0 Å². The van der Waals surface area contributed by atoms with Gasteiger partial charge in [-0.1, -0.05) is 0 Å². The zero-order valence-electron chi connectivity index (χ0n) is 11.6. The molecule has 6 heteroatoms. The molecule has 0 aliphatic rings. The number of carbonyl (C=O) groups is 2. The molecule has 0 aliphatic carbocycles. The molecule has 6 nitrogen and oxygen atoms in total. The number of rotatable bonds is 9. The Kier molecular flexibility index (Phi) is 7.46. The fourth-order valence-corrected chi connectivity index (χ4v) is 1.71. The third-order valence-corrected chi connectivity index (χ3v) is 2.77. The molecule has 0 atom stereocenters. The van der Waals surface area contributed by atoms with E-state index in [1.165, 1.54) is 12.4 Å². The lowest BCUT2D eigenvalue weighted by Crippen LogP contribution is -2.28. The van der Waals surface area contributed by atoms with Crippen molar-refractivity contribution in [3.8, 4) is 0 Å². The number of carbonyl (C=O) groups excluding carboxylic acids is 2. The van der Waals surface area contributed by atoms with Gasteiger partial charge in [0.2, 0.25) is 0 Å². The van der Waals surface area contributed by atoms with Crippen LogP contribution in [0.25, 0.3) is 0 Å². The number of ether oxygens (including phenoxy) is 1. The van der Waals surface area contributed by atoms with Gasteiger partial charge in [0.05, 0.1) is 12.2 Å². The summed E-state index contributed by atoms with van der Waals surface area (Å²) >= 11 is 0. The number of aromatic nitrogens is 1. The van der Waals surface area contributed by atoms with Gasteiger partial charge in [0.25, 0.3) is 5.91 Å². The molecular formula is C14H20N2O4. The predicted molar refractivity (Wildman–Crippen MR) is 73.7 cm³/mol. The van der Waals surface area contributed by atoms with Crippen LogP contribution in [0.4, 0.5) is 0 Å². The normalized spacial score (nSPS) is 10.3. The molecule has 1 aromatic heterocycles. The van der Waals surface area contributed by atoms with E-state index >= 15 is 0 Å². The van der Waals surface area contributed by atoms with Crippen molar-refractivity contribution in [3.05, 3.63) is 29.6 Å². The van der Waals surface area contributed by atoms with Gasteiger partial charge < -0.3 is 15.2 Å². The van der Waals surface area contributed by atoms with E-state index in [0.717, 1.165) is 0 Å². The summed E-state index contributed by atoms with van der Waals surface area (Å²) in [6.07, 6.45) is 4.37. The largest absolute Gasteiger partial charge is 0.396 e. The molecule has 0 unspecified atom stereocenters. The topological polar surface area (TPSA) is 88.5 Å². The third-order valence-electron chi connectivity index (χ3n) is 2.77. The van der Waals surface area contributed by atoms with Crippen LogP contribution >= 0.6 is 0 Å². The minimum atomic E-state index is -0.333. The molecule has 1 amide bonds. The summed E-state index contributed by atoms with van der Waals surface area (Å²) in [6.45, 7) is 0.849. The van der Waals surface area contributed by atoms with Gasteiger partial charge >= 0.3 is 0 Å². The Morgan fingerprint density at radius 1 is 1.35 bits per heavy atom. The van der Waals surface area contributed by atoms with E-state index in [4.69, 9.17) is 9.84 Å². The number of amides is 1. The Labute approximate surface area is 118 Å². The monoisotopic (exact) mass is 280 g/mol. The minimum Gasteiger partial charge on any atom is -0.396 e. The molecule has 0 radical (unpaired) electrons. The molecule has 0 fully saturated rings. The summed E-state index contributed by atoms with van der Waals surface area (Å²) < 4.78 is 4.85. The molecule has 110 valence electrons. The molecule has 0 aliphatic heterocycles. The average molecular weight is 280 g/mol. The van der Waals surface area contributed by atoms with Crippen LogP contribution in [-0.4, -0.2) is 48.6 Å². The van der Waals surface area contributed by atoms with Crippen molar-refractivity contribution in [3.63, 3.8) is 0 Å². The number of unbranched alkanes of at least 4 members (excludes halogenated alkanes) is 1. The summed E-state index contributed by atoms with van der Waals surface area (Å²) in [6, 6.07) is 1.55. The number of aliphatic hydroxyl groups is 1. The van der Waals surface area contributed by atoms with E-state index in [9.17, 15) is 9.59 Å². The number of hydrogen-bond donors (Lipinski definition) is 2. The van der Waals surface area contributed by atoms with Crippen LogP contribution in [0.5, 0.6) is 0 Å². The first-order valence-electron chi connectivity index (χ1n) is 6.56. The highest BCUT2D eigenvalue weighted by Crippen LogP contribution is 2.12. The highest BCUT2D eigenvalue weighted by atomic mass is 16.5. The molecule has 1 heterocycles. The van der Waals surface area contributed by atoms with Gasteiger partial charge in [-0.05, 0) is 18.9 Å². The van der Waals surface area contributed by atoms with Crippen LogP contribution < -0.4 is 5.32 Å². The maximum Gasteiger partial charge on any atom is 0.253 e. The van der Waals surface area contributed by atoms with Crippen LogP contribution in [0.2, 0.25) is 0 Å². The lowest BCUT2D eigenvalue weighted by atomic mass is 10.0.